The number of aromatic nitrogens is 3. The van der Waals surface area contributed by atoms with Crippen molar-refractivity contribution in [3.8, 4) is 11.6 Å². The number of rotatable bonds is 7. The van der Waals surface area contributed by atoms with Gasteiger partial charge in [-0.25, -0.2) is 0 Å². The lowest BCUT2D eigenvalue weighted by molar-refractivity contribution is 0.102. The first-order valence-electron chi connectivity index (χ1n) is 8.66. The highest BCUT2D eigenvalue weighted by atomic mass is 32.2. The number of carbonyl (C=O) groups excluding carboxylic acids is 1. The molecule has 26 heavy (non-hydrogen) atoms. The maximum Gasteiger partial charge on any atom is 0.200 e. The monoisotopic (exact) mass is 369 g/mol. The fourth-order valence-electron chi connectivity index (χ4n) is 2.64. The number of furan rings is 1. The predicted octanol–water partition coefficient (Wildman–Crippen LogP) is 4.79. The van der Waals surface area contributed by atoms with E-state index in [4.69, 9.17) is 4.42 Å². The number of hydrogen-bond donors (Lipinski definition) is 0. The van der Waals surface area contributed by atoms with Crippen LogP contribution in [0.4, 0.5) is 0 Å². The van der Waals surface area contributed by atoms with Crippen LogP contribution in [0.15, 0.2) is 46.2 Å². The molecular weight excluding hydrogens is 346 g/mol. The average molecular weight is 369 g/mol. The molecule has 2 heterocycles. The van der Waals surface area contributed by atoms with Crippen molar-refractivity contribution in [3.63, 3.8) is 0 Å². The van der Waals surface area contributed by atoms with Crippen molar-refractivity contribution in [3.05, 3.63) is 53.3 Å². The van der Waals surface area contributed by atoms with Crippen molar-refractivity contribution < 1.29 is 9.21 Å². The molecule has 3 rings (SSSR count). The zero-order valence-corrected chi connectivity index (χ0v) is 16.3. The Kier molecular flexibility index (Phi) is 5.61. The van der Waals surface area contributed by atoms with Crippen LogP contribution in [0.25, 0.3) is 11.6 Å². The van der Waals surface area contributed by atoms with Gasteiger partial charge in [0.1, 0.15) is 0 Å². The minimum Gasteiger partial charge on any atom is -0.461 e. The molecule has 0 saturated carbocycles. The van der Waals surface area contributed by atoms with Crippen LogP contribution in [0, 0.1) is 19.8 Å². The molecule has 0 aliphatic rings. The smallest absolute Gasteiger partial charge is 0.200 e. The molecule has 0 atom stereocenters. The van der Waals surface area contributed by atoms with Gasteiger partial charge in [0, 0.05) is 12.1 Å². The fourth-order valence-corrected chi connectivity index (χ4v) is 3.48. The lowest BCUT2D eigenvalue weighted by atomic mass is 10.0. The second-order valence-electron chi connectivity index (χ2n) is 6.80. The summed E-state index contributed by atoms with van der Waals surface area (Å²) in [6, 6.07) is 9.53. The maximum atomic E-state index is 12.6. The van der Waals surface area contributed by atoms with E-state index in [1.807, 2.05) is 48.7 Å². The molecule has 136 valence electrons. The van der Waals surface area contributed by atoms with Gasteiger partial charge in [-0.1, -0.05) is 37.7 Å². The molecule has 0 aliphatic carbocycles. The van der Waals surface area contributed by atoms with Crippen LogP contribution in [-0.4, -0.2) is 26.3 Å². The molecule has 0 N–H and O–H groups in total. The summed E-state index contributed by atoms with van der Waals surface area (Å²) in [5, 5.41) is 9.30. The topological polar surface area (TPSA) is 60.9 Å². The Bertz CT molecular complexity index is 898. The summed E-state index contributed by atoms with van der Waals surface area (Å²) in [7, 11) is 0. The molecule has 0 amide bonds. The molecule has 6 heteroatoms. The molecular formula is C20H23N3O2S. The van der Waals surface area contributed by atoms with Crippen LogP contribution in [0.3, 0.4) is 0 Å². The summed E-state index contributed by atoms with van der Waals surface area (Å²) in [6.45, 7) is 9.11. The molecule has 1 aromatic carbocycles. The van der Waals surface area contributed by atoms with Crippen LogP contribution in [0.1, 0.15) is 35.3 Å². The molecule has 0 bridgehead atoms. The number of ketones is 1. The van der Waals surface area contributed by atoms with Gasteiger partial charge < -0.3 is 4.42 Å². The summed E-state index contributed by atoms with van der Waals surface area (Å²) in [6.07, 6.45) is 1.62. The molecule has 3 aromatic rings. The Morgan fingerprint density at radius 2 is 2.00 bits per heavy atom. The Morgan fingerprint density at radius 3 is 2.65 bits per heavy atom. The van der Waals surface area contributed by atoms with Gasteiger partial charge in [0.2, 0.25) is 0 Å². The summed E-state index contributed by atoms with van der Waals surface area (Å²) in [4.78, 5) is 12.6. The Morgan fingerprint density at radius 1 is 1.19 bits per heavy atom. The van der Waals surface area contributed by atoms with Crippen LogP contribution in [-0.2, 0) is 6.54 Å². The Labute approximate surface area is 157 Å². The molecule has 0 spiro atoms. The summed E-state index contributed by atoms with van der Waals surface area (Å²) >= 11 is 1.42. The van der Waals surface area contributed by atoms with Crippen molar-refractivity contribution >= 4 is 17.5 Å². The van der Waals surface area contributed by atoms with Gasteiger partial charge in [-0.2, -0.15) is 0 Å². The first-order chi connectivity index (χ1) is 12.5. The second-order valence-corrected chi connectivity index (χ2v) is 7.74. The average Bonchev–Trinajstić information content (AvgIpc) is 3.24. The number of thioether (sulfide) groups is 1. The lowest BCUT2D eigenvalue weighted by Crippen LogP contribution is -2.09. The SMILES string of the molecule is Cc1ccc(C(=O)CSc2nnc(-c3ccco3)n2CC(C)C)cc1C. The van der Waals surface area contributed by atoms with Gasteiger partial charge in [-0.05, 0) is 49.1 Å². The second kappa shape index (κ2) is 7.91. The minimum atomic E-state index is 0.0942. The summed E-state index contributed by atoms with van der Waals surface area (Å²) < 4.78 is 7.50. The lowest BCUT2D eigenvalue weighted by Gasteiger charge is -2.11. The summed E-state index contributed by atoms with van der Waals surface area (Å²) in [5.41, 5.74) is 3.06. The third-order valence-corrected chi connectivity index (χ3v) is 5.13. The van der Waals surface area contributed by atoms with Gasteiger partial charge >= 0.3 is 0 Å². The maximum absolute atomic E-state index is 12.6. The third-order valence-electron chi connectivity index (χ3n) is 4.17. The number of nitrogens with zero attached hydrogens (tertiary/aromatic N) is 3. The summed E-state index contributed by atoms with van der Waals surface area (Å²) in [5.74, 6) is 2.23. The van der Waals surface area contributed by atoms with E-state index in [1.165, 1.54) is 17.3 Å². The molecule has 0 radical (unpaired) electrons. The van der Waals surface area contributed by atoms with E-state index in [0.29, 0.717) is 23.3 Å². The van der Waals surface area contributed by atoms with Crippen molar-refractivity contribution in [1.82, 2.24) is 14.8 Å². The van der Waals surface area contributed by atoms with Crippen molar-refractivity contribution in [2.24, 2.45) is 5.92 Å². The van der Waals surface area contributed by atoms with Crippen LogP contribution < -0.4 is 0 Å². The first-order valence-corrected chi connectivity index (χ1v) is 9.64. The van der Waals surface area contributed by atoms with E-state index in [1.54, 1.807) is 6.26 Å². The normalized spacial score (nSPS) is 11.3. The molecule has 5 nitrogen and oxygen atoms in total. The number of aryl methyl sites for hydroxylation is 2. The van der Waals surface area contributed by atoms with Crippen molar-refractivity contribution in [1.29, 1.82) is 0 Å². The molecule has 0 fully saturated rings. The zero-order valence-electron chi connectivity index (χ0n) is 15.5. The molecule has 0 unspecified atom stereocenters. The molecule has 0 aliphatic heterocycles. The first kappa shape index (κ1) is 18.5. The van der Waals surface area contributed by atoms with Gasteiger partial charge in [-0.15, -0.1) is 10.2 Å². The highest BCUT2D eigenvalue weighted by Crippen LogP contribution is 2.26. The van der Waals surface area contributed by atoms with Crippen LogP contribution >= 0.6 is 11.8 Å². The van der Waals surface area contributed by atoms with E-state index in [0.717, 1.165) is 22.8 Å². The van der Waals surface area contributed by atoms with Gasteiger partial charge in [0.05, 0.1) is 12.0 Å². The van der Waals surface area contributed by atoms with Crippen LogP contribution in [0.2, 0.25) is 0 Å². The van der Waals surface area contributed by atoms with Crippen LogP contribution in [0.5, 0.6) is 0 Å². The van der Waals surface area contributed by atoms with Gasteiger partial charge in [0.25, 0.3) is 0 Å². The van der Waals surface area contributed by atoms with E-state index in [-0.39, 0.29) is 5.78 Å². The number of Topliss-reactive ketones (excluding diaryl/α,β-unsaturated/α-hetero) is 1. The minimum absolute atomic E-state index is 0.0942. The van der Waals surface area contributed by atoms with Crippen molar-refractivity contribution in [2.75, 3.05) is 5.75 Å². The van der Waals surface area contributed by atoms with E-state index < -0.39 is 0 Å². The van der Waals surface area contributed by atoms with Gasteiger partial charge in [-0.3, -0.25) is 9.36 Å². The Balaban J connectivity index is 1.79. The molecule has 0 saturated heterocycles. The fraction of sp³-hybridized carbons (Fsp3) is 0.350. The number of carbonyl (C=O) groups is 1. The van der Waals surface area contributed by atoms with E-state index in [2.05, 4.69) is 24.0 Å². The largest absolute Gasteiger partial charge is 0.461 e. The quantitative estimate of drug-likeness (QED) is 0.443. The van der Waals surface area contributed by atoms with Gasteiger partial charge in [0.15, 0.2) is 22.5 Å². The Hall–Kier alpha value is -2.34. The molecule has 2 aromatic heterocycles. The number of benzene rings is 1. The highest BCUT2D eigenvalue weighted by molar-refractivity contribution is 7.99. The van der Waals surface area contributed by atoms with E-state index in [9.17, 15) is 4.79 Å². The third kappa shape index (κ3) is 4.07. The zero-order chi connectivity index (χ0) is 18.7. The van der Waals surface area contributed by atoms with Crippen molar-refractivity contribution in [2.45, 2.75) is 39.4 Å². The highest BCUT2D eigenvalue weighted by Gasteiger charge is 2.18. The standard InChI is InChI=1S/C20H23N3O2S/c1-13(2)11-23-19(18-6-5-9-25-18)21-22-20(23)26-12-17(24)16-8-7-14(3)15(4)10-16/h5-10,13H,11-12H2,1-4H3. The predicted molar refractivity (Wildman–Crippen MR) is 104 cm³/mol. The number of hydrogen-bond acceptors (Lipinski definition) is 5. The van der Waals surface area contributed by atoms with E-state index >= 15 is 0 Å².